The van der Waals surface area contributed by atoms with Crippen molar-refractivity contribution in [2.75, 3.05) is 23.4 Å². The Labute approximate surface area is 205 Å². The highest BCUT2D eigenvalue weighted by Gasteiger charge is 2.58. The lowest BCUT2D eigenvalue weighted by molar-refractivity contribution is -0.137. The molecule has 2 aliphatic rings. The Morgan fingerprint density at radius 3 is 2.47 bits per heavy atom. The molecule has 0 aliphatic carbocycles. The molecule has 2 fully saturated rings. The van der Waals surface area contributed by atoms with Crippen molar-refractivity contribution in [1.82, 2.24) is 24.8 Å². The lowest BCUT2D eigenvalue weighted by Crippen LogP contribution is -2.65. The number of benzene rings is 1. The molecular formula is C24H26F3N7O2. The predicted molar refractivity (Wildman–Crippen MR) is 126 cm³/mol. The van der Waals surface area contributed by atoms with E-state index in [4.69, 9.17) is 4.74 Å². The summed E-state index contributed by atoms with van der Waals surface area (Å²) in [6, 6.07) is 5.92. The van der Waals surface area contributed by atoms with Gasteiger partial charge in [-0.15, -0.1) is 0 Å². The maximum atomic E-state index is 12.9. The molecule has 2 N–H and O–H groups in total. The van der Waals surface area contributed by atoms with Gasteiger partial charge in [-0.2, -0.15) is 18.2 Å². The first-order chi connectivity index (χ1) is 17.1. The minimum atomic E-state index is -4.39. The predicted octanol–water partition coefficient (Wildman–Crippen LogP) is 4.18. The average molecular weight is 502 g/mol. The maximum Gasteiger partial charge on any atom is 0.416 e. The fourth-order valence-corrected chi connectivity index (χ4v) is 4.81. The van der Waals surface area contributed by atoms with Crippen molar-refractivity contribution in [2.24, 2.45) is 5.92 Å². The molecule has 4 heterocycles. The molecule has 2 aliphatic heterocycles. The van der Waals surface area contributed by atoms with Crippen molar-refractivity contribution in [2.45, 2.75) is 44.6 Å². The van der Waals surface area contributed by atoms with Crippen molar-refractivity contribution >= 4 is 17.8 Å². The Balaban J connectivity index is 1.32. The zero-order valence-corrected chi connectivity index (χ0v) is 20.0. The second-order valence-electron chi connectivity index (χ2n) is 9.49. The summed E-state index contributed by atoms with van der Waals surface area (Å²) in [4.78, 5) is 27.8. The number of imidazole rings is 1. The standard InChI is InChI=1S/C24H26F3N7O2/c1-14(2)20-23(11-36-12-23)32-22(35)34(20)19-8-9-28-21(31-19)30-15(3)18-10-33(13-29-18)17-6-4-16(5-7-17)24(25,26)27/h4-10,13-15,20H,11-12H2,1-3H3,(H,32,35)(H,28,30,31)/t15-,20?/m0/s1. The molecule has 1 spiro atoms. The number of urea groups is 1. The number of rotatable bonds is 6. The van der Waals surface area contributed by atoms with Crippen molar-refractivity contribution in [3.8, 4) is 5.69 Å². The van der Waals surface area contributed by atoms with Crippen LogP contribution in [0, 0.1) is 5.92 Å². The highest BCUT2D eigenvalue weighted by molar-refractivity contribution is 5.95. The van der Waals surface area contributed by atoms with Crippen molar-refractivity contribution in [3.05, 3.63) is 60.3 Å². The number of nitrogens with one attached hydrogen (secondary N) is 2. The number of amides is 2. The van der Waals surface area contributed by atoms with E-state index in [1.54, 1.807) is 27.9 Å². The average Bonchev–Trinajstić information content (AvgIpc) is 3.42. The fraction of sp³-hybridized carbons (Fsp3) is 0.417. The quantitative estimate of drug-likeness (QED) is 0.526. The molecule has 3 aromatic rings. The lowest BCUT2D eigenvalue weighted by atomic mass is 9.82. The highest BCUT2D eigenvalue weighted by atomic mass is 19.4. The summed E-state index contributed by atoms with van der Waals surface area (Å²) in [5.74, 6) is 0.979. The van der Waals surface area contributed by atoms with Crippen LogP contribution in [0.4, 0.5) is 29.7 Å². The highest BCUT2D eigenvalue weighted by Crippen LogP contribution is 2.37. The smallest absolute Gasteiger partial charge is 0.376 e. The molecule has 1 aromatic carbocycles. The number of aromatic nitrogens is 4. The molecule has 36 heavy (non-hydrogen) atoms. The second kappa shape index (κ2) is 8.77. The first-order valence-corrected chi connectivity index (χ1v) is 11.6. The van der Waals surface area contributed by atoms with Gasteiger partial charge in [0.2, 0.25) is 5.95 Å². The number of nitrogens with zero attached hydrogens (tertiary/aromatic N) is 5. The summed E-state index contributed by atoms with van der Waals surface area (Å²) in [6.07, 6.45) is 0.469. The third kappa shape index (κ3) is 4.25. The molecule has 2 amide bonds. The number of carbonyl (C=O) groups excluding carboxylic acids is 1. The molecule has 2 saturated heterocycles. The summed E-state index contributed by atoms with van der Waals surface area (Å²) >= 11 is 0. The Bertz CT molecular complexity index is 1260. The van der Waals surface area contributed by atoms with Gasteiger partial charge in [-0.1, -0.05) is 13.8 Å². The third-order valence-electron chi connectivity index (χ3n) is 6.54. The van der Waals surface area contributed by atoms with E-state index >= 15 is 0 Å². The van der Waals surface area contributed by atoms with Crippen LogP contribution in [0.15, 0.2) is 49.1 Å². The summed E-state index contributed by atoms with van der Waals surface area (Å²) in [7, 11) is 0. The van der Waals surface area contributed by atoms with Crippen LogP contribution < -0.4 is 15.5 Å². The first kappa shape index (κ1) is 24.0. The SMILES string of the molecule is CC(C)C1N(c2ccnc(N[C@@H](C)c3cn(-c4ccc(C(F)(F)F)cc4)cn3)n2)C(=O)NC12COC2. The third-order valence-corrected chi connectivity index (χ3v) is 6.54. The Morgan fingerprint density at radius 1 is 1.14 bits per heavy atom. The molecule has 1 unspecified atom stereocenters. The van der Waals surface area contributed by atoms with E-state index in [9.17, 15) is 18.0 Å². The van der Waals surface area contributed by atoms with E-state index in [-0.39, 0.29) is 24.0 Å². The number of hydrogen-bond donors (Lipinski definition) is 2. The topological polar surface area (TPSA) is 97.2 Å². The van der Waals surface area contributed by atoms with Gasteiger partial charge in [0.1, 0.15) is 11.4 Å². The van der Waals surface area contributed by atoms with Crippen molar-refractivity contribution in [3.63, 3.8) is 0 Å². The molecule has 0 bridgehead atoms. The van der Waals surface area contributed by atoms with E-state index in [0.29, 0.717) is 36.4 Å². The monoisotopic (exact) mass is 501 g/mol. The normalized spacial score (nSPS) is 19.9. The van der Waals surface area contributed by atoms with Gasteiger partial charge in [0.25, 0.3) is 0 Å². The molecular weight excluding hydrogens is 475 g/mol. The Kier molecular flexibility index (Phi) is 5.86. The van der Waals surface area contributed by atoms with Gasteiger partial charge in [0.05, 0.1) is 42.9 Å². The molecule has 0 saturated carbocycles. The van der Waals surface area contributed by atoms with Crippen LogP contribution in [-0.2, 0) is 10.9 Å². The van der Waals surface area contributed by atoms with E-state index < -0.39 is 17.3 Å². The number of alkyl halides is 3. The fourth-order valence-electron chi connectivity index (χ4n) is 4.81. The van der Waals surface area contributed by atoms with Gasteiger partial charge >= 0.3 is 12.2 Å². The summed E-state index contributed by atoms with van der Waals surface area (Å²) < 4.78 is 45.6. The van der Waals surface area contributed by atoms with Gasteiger partial charge < -0.3 is 19.9 Å². The van der Waals surface area contributed by atoms with Crippen molar-refractivity contribution < 1.29 is 22.7 Å². The molecule has 2 aromatic heterocycles. The number of ether oxygens (including phenoxy) is 1. The van der Waals surface area contributed by atoms with Crippen LogP contribution in [0.2, 0.25) is 0 Å². The number of anilines is 2. The molecule has 12 heteroatoms. The maximum absolute atomic E-state index is 12.9. The minimum Gasteiger partial charge on any atom is -0.376 e. The molecule has 0 radical (unpaired) electrons. The van der Waals surface area contributed by atoms with Crippen molar-refractivity contribution in [1.29, 1.82) is 0 Å². The van der Waals surface area contributed by atoms with Crippen LogP contribution >= 0.6 is 0 Å². The molecule has 2 atom stereocenters. The Hall–Kier alpha value is -3.67. The van der Waals surface area contributed by atoms with Crippen LogP contribution in [0.1, 0.15) is 38.1 Å². The zero-order valence-electron chi connectivity index (χ0n) is 20.0. The van der Waals surface area contributed by atoms with Gasteiger partial charge in [0, 0.05) is 18.1 Å². The molecule has 190 valence electrons. The first-order valence-electron chi connectivity index (χ1n) is 11.6. The number of halogens is 3. The second-order valence-corrected chi connectivity index (χ2v) is 9.49. The Morgan fingerprint density at radius 2 is 1.86 bits per heavy atom. The van der Waals surface area contributed by atoms with Gasteiger partial charge in [0.15, 0.2) is 0 Å². The van der Waals surface area contributed by atoms with Gasteiger partial charge in [-0.3, -0.25) is 4.90 Å². The summed E-state index contributed by atoms with van der Waals surface area (Å²) in [5.41, 5.74) is 0.0810. The minimum absolute atomic E-state index is 0.113. The van der Waals surface area contributed by atoms with Crippen LogP contribution in [-0.4, -0.2) is 50.3 Å². The van der Waals surface area contributed by atoms with Gasteiger partial charge in [-0.25, -0.2) is 14.8 Å². The van der Waals surface area contributed by atoms with E-state index in [2.05, 4.69) is 39.4 Å². The van der Waals surface area contributed by atoms with E-state index in [1.165, 1.54) is 18.5 Å². The lowest BCUT2D eigenvalue weighted by Gasteiger charge is -2.44. The number of hydrogen-bond acceptors (Lipinski definition) is 6. The molecule has 9 nitrogen and oxygen atoms in total. The zero-order chi connectivity index (χ0) is 25.7. The van der Waals surface area contributed by atoms with E-state index in [0.717, 1.165) is 12.1 Å². The number of carbonyl (C=O) groups is 1. The van der Waals surface area contributed by atoms with E-state index in [1.807, 2.05) is 6.92 Å². The summed E-state index contributed by atoms with van der Waals surface area (Å²) in [6.45, 7) is 6.93. The van der Waals surface area contributed by atoms with Gasteiger partial charge in [-0.05, 0) is 43.2 Å². The summed E-state index contributed by atoms with van der Waals surface area (Å²) in [5, 5.41) is 6.26. The molecule has 5 rings (SSSR count). The van der Waals surface area contributed by atoms with Crippen LogP contribution in [0.25, 0.3) is 5.69 Å². The van der Waals surface area contributed by atoms with Crippen LogP contribution in [0.3, 0.4) is 0 Å². The largest absolute Gasteiger partial charge is 0.416 e. The van der Waals surface area contributed by atoms with Crippen LogP contribution in [0.5, 0.6) is 0 Å².